The van der Waals surface area contributed by atoms with Gasteiger partial charge in [-0.25, -0.2) is 17.6 Å². The highest BCUT2D eigenvalue weighted by Crippen LogP contribution is 2.52. The highest BCUT2D eigenvalue weighted by Gasteiger charge is 2.46. The molecular formula is C24H25F4NO3S2. The molecule has 0 bridgehead atoms. The molecule has 2 aromatic rings. The van der Waals surface area contributed by atoms with Crippen LogP contribution in [-0.2, 0) is 4.79 Å². The summed E-state index contributed by atoms with van der Waals surface area (Å²) in [6.07, 6.45) is -0.272. The second kappa shape index (κ2) is 9.53. The van der Waals surface area contributed by atoms with Gasteiger partial charge >= 0.3 is 5.97 Å². The lowest BCUT2D eigenvalue weighted by molar-refractivity contribution is -0.148. The van der Waals surface area contributed by atoms with Gasteiger partial charge in [-0.2, -0.15) is 0 Å². The number of halogens is 4. The van der Waals surface area contributed by atoms with Crippen LogP contribution in [-0.4, -0.2) is 40.9 Å². The van der Waals surface area contributed by atoms with E-state index in [1.165, 1.54) is 37.7 Å². The summed E-state index contributed by atoms with van der Waals surface area (Å²) in [5.74, 6) is -3.76. The molecule has 0 radical (unpaired) electrons. The third-order valence-electron chi connectivity index (χ3n) is 5.80. The van der Waals surface area contributed by atoms with Gasteiger partial charge in [-0.3, -0.25) is 4.79 Å². The molecule has 1 aliphatic heterocycles. The molecule has 1 aliphatic carbocycles. The number of alkyl halides is 3. The van der Waals surface area contributed by atoms with E-state index in [0.717, 1.165) is 11.8 Å². The molecule has 2 aliphatic rings. The molecule has 0 amide bonds. The molecule has 2 aromatic carbocycles. The number of hydrogen-bond acceptors (Lipinski definition) is 5. The number of ether oxygens (including phenoxy) is 1. The molecule has 184 valence electrons. The van der Waals surface area contributed by atoms with Gasteiger partial charge in [-0.1, -0.05) is 11.8 Å². The van der Waals surface area contributed by atoms with Gasteiger partial charge in [0.1, 0.15) is 18.2 Å². The summed E-state index contributed by atoms with van der Waals surface area (Å²) in [5.41, 5.74) is -0.996. The maximum Gasteiger partial charge on any atom is 0.312 e. The van der Waals surface area contributed by atoms with Crippen molar-refractivity contribution in [2.75, 3.05) is 18.1 Å². The van der Waals surface area contributed by atoms with Crippen molar-refractivity contribution in [3.05, 3.63) is 42.2 Å². The van der Waals surface area contributed by atoms with Crippen LogP contribution in [0.3, 0.4) is 0 Å². The number of fused-ring (bicyclic) bond motifs is 1. The van der Waals surface area contributed by atoms with E-state index < -0.39 is 22.8 Å². The Morgan fingerprint density at radius 1 is 1.26 bits per heavy atom. The number of thioether (sulfide) groups is 2. The number of aliphatic carboxylic acids is 1. The highest BCUT2D eigenvalue weighted by molar-refractivity contribution is 8.00. The predicted molar refractivity (Wildman–Crippen MR) is 126 cm³/mol. The molecule has 4 rings (SSSR count). The summed E-state index contributed by atoms with van der Waals surface area (Å²) < 4.78 is 61.0. The molecular weight excluding hydrogens is 490 g/mol. The van der Waals surface area contributed by atoms with Crippen LogP contribution in [0.25, 0.3) is 0 Å². The van der Waals surface area contributed by atoms with E-state index in [-0.39, 0.29) is 36.9 Å². The number of hydrogen-bond donors (Lipinski definition) is 1. The van der Waals surface area contributed by atoms with Crippen molar-refractivity contribution in [2.45, 2.75) is 59.6 Å². The smallest absolute Gasteiger partial charge is 0.312 e. The van der Waals surface area contributed by atoms with Gasteiger partial charge in [0.15, 0.2) is 5.50 Å². The standard InChI is InChI=1S/C24H25F4NO3S2/c1-23(2,22(30)31)13-32-18-10-19-17(9-20(18)33-16-11-24(27,28)12-16)29(8-7-21(26)34-19)15-5-3-14(25)4-6-15/h3-6,9-10,16,21H,7-8,11-13H2,1-2H3,(H,30,31)/t21-/m0/s1. The number of rotatable bonds is 7. The Labute approximate surface area is 204 Å². The first-order valence-electron chi connectivity index (χ1n) is 10.9. The average Bonchev–Trinajstić information content (AvgIpc) is 2.89. The van der Waals surface area contributed by atoms with Gasteiger partial charge in [0.2, 0.25) is 5.92 Å². The quantitative estimate of drug-likeness (QED) is 0.396. The summed E-state index contributed by atoms with van der Waals surface area (Å²) in [6.45, 7) is 3.27. The van der Waals surface area contributed by atoms with Gasteiger partial charge in [0.25, 0.3) is 0 Å². The Balaban J connectivity index is 1.72. The molecule has 1 saturated carbocycles. The lowest BCUT2D eigenvalue weighted by Crippen LogP contribution is -2.37. The van der Waals surface area contributed by atoms with Gasteiger partial charge in [0, 0.05) is 41.6 Å². The Bertz CT molecular complexity index is 1060. The Morgan fingerprint density at radius 3 is 2.56 bits per heavy atom. The Hall–Kier alpha value is -2.07. The van der Waals surface area contributed by atoms with Gasteiger partial charge < -0.3 is 14.7 Å². The third-order valence-corrected chi connectivity index (χ3v) is 8.11. The van der Waals surface area contributed by atoms with Crippen LogP contribution in [0.1, 0.15) is 33.1 Å². The highest BCUT2D eigenvalue weighted by atomic mass is 32.2. The monoisotopic (exact) mass is 515 g/mol. The van der Waals surface area contributed by atoms with Crippen molar-refractivity contribution in [3.63, 3.8) is 0 Å². The molecule has 0 aromatic heterocycles. The molecule has 0 unspecified atom stereocenters. The maximum absolute atomic E-state index is 14.6. The van der Waals surface area contributed by atoms with E-state index in [9.17, 15) is 27.5 Å². The lowest BCUT2D eigenvalue weighted by Gasteiger charge is -2.35. The normalized spacial score (nSPS) is 20.3. The van der Waals surface area contributed by atoms with Crippen LogP contribution in [0.4, 0.5) is 28.9 Å². The van der Waals surface area contributed by atoms with Gasteiger partial charge in [-0.05, 0) is 50.2 Å². The van der Waals surface area contributed by atoms with Crippen molar-refractivity contribution in [1.82, 2.24) is 0 Å². The van der Waals surface area contributed by atoms with Crippen LogP contribution in [0.2, 0.25) is 0 Å². The van der Waals surface area contributed by atoms with E-state index in [1.807, 2.05) is 4.90 Å². The Kier molecular flexibility index (Phi) is 7.01. The molecule has 10 heteroatoms. The van der Waals surface area contributed by atoms with Crippen LogP contribution in [0, 0.1) is 11.2 Å². The van der Waals surface area contributed by atoms with E-state index in [4.69, 9.17) is 4.74 Å². The SMILES string of the molecule is CC(C)(COc1cc2c(cc1SC1CC(F)(F)C1)N(c1ccc(F)cc1)CC[C@@H](F)S2)C(=O)O. The molecule has 0 spiro atoms. The van der Waals surface area contributed by atoms with Crippen molar-refractivity contribution in [3.8, 4) is 5.75 Å². The summed E-state index contributed by atoms with van der Waals surface area (Å²) in [4.78, 5) is 14.6. The molecule has 1 N–H and O–H groups in total. The van der Waals surface area contributed by atoms with Crippen molar-refractivity contribution in [1.29, 1.82) is 0 Å². The molecule has 0 saturated heterocycles. The average molecular weight is 516 g/mol. The van der Waals surface area contributed by atoms with Gasteiger partial charge in [0.05, 0.1) is 16.0 Å². The largest absolute Gasteiger partial charge is 0.491 e. The molecule has 34 heavy (non-hydrogen) atoms. The van der Waals surface area contributed by atoms with E-state index in [2.05, 4.69) is 0 Å². The number of benzene rings is 2. The number of anilines is 2. The summed E-state index contributed by atoms with van der Waals surface area (Å²) in [6, 6.07) is 9.33. The first kappa shape index (κ1) is 25.0. The number of carboxylic acids is 1. The zero-order valence-electron chi connectivity index (χ0n) is 18.7. The minimum Gasteiger partial charge on any atom is -0.491 e. The fourth-order valence-corrected chi connectivity index (χ4v) is 6.06. The summed E-state index contributed by atoms with van der Waals surface area (Å²) >= 11 is 2.28. The van der Waals surface area contributed by atoms with Crippen LogP contribution in [0.15, 0.2) is 46.2 Å². The number of carbonyl (C=O) groups is 1. The van der Waals surface area contributed by atoms with Crippen LogP contribution >= 0.6 is 23.5 Å². The molecule has 1 atom stereocenters. The van der Waals surface area contributed by atoms with E-state index in [1.54, 1.807) is 24.3 Å². The fourth-order valence-electron chi connectivity index (χ4n) is 3.67. The number of nitrogens with zero attached hydrogens (tertiary/aromatic N) is 1. The van der Waals surface area contributed by atoms with E-state index in [0.29, 0.717) is 33.5 Å². The lowest BCUT2D eigenvalue weighted by atomic mass is 9.94. The molecule has 1 fully saturated rings. The molecule has 4 nitrogen and oxygen atoms in total. The summed E-state index contributed by atoms with van der Waals surface area (Å²) in [5, 5.41) is 9.12. The van der Waals surface area contributed by atoms with Crippen LogP contribution < -0.4 is 9.64 Å². The van der Waals surface area contributed by atoms with Crippen LogP contribution in [0.5, 0.6) is 5.75 Å². The minimum atomic E-state index is -2.69. The zero-order chi connectivity index (χ0) is 24.7. The maximum atomic E-state index is 14.6. The topological polar surface area (TPSA) is 49.8 Å². The van der Waals surface area contributed by atoms with E-state index >= 15 is 0 Å². The van der Waals surface area contributed by atoms with Crippen molar-refractivity contribution in [2.24, 2.45) is 5.41 Å². The predicted octanol–water partition coefficient (Wildman–Crippen LogP) is 7.13. The van der Waals surface area contributed by atoms with Crippen molar-refractivity contribution >= 4 is 40.9 Å². The Morgan fingerprint density at radius 2 is 1.94 bits per heavy atom. The van der Waals surface area contributed by atoms with Crippen molar-refractivity contribution < 1.29 is 32.2 Å². The summed E-state index contributed by atoms with van der Waals surface area (Å²) in [7, 11) is 0. The fraction of sp³-hybridized carbons (Fsp3) is 0.458. The molecule has 1 heterocycles. The minimum absolute atomic E-state index is 0.138. The van der Waals surface area contributed by atoms with Gasteiger partial charge in [-0.15, -0.1) is 11.8 Å². The zero-order valence-corrected chi connectivity index (χ0v) is 20.3. The first-order valence-corrected chi connectivity index (χ1v) is 12.6. The first-order chi connectivity index (χ1) is 15.9. The second-order valence-corrected chi connectivity index (χ2v) is 11.7. The number of carboxylic acid groups (broad SMARTS) is 1. The third kappa shape index (κ3) is 5.59. The second-order valence-electron chi connectivity index (χ2n) is 9.19.